The van der Waals surface area contributed by atoms with Crippen LogP contribution in [-0.2, 0) is 0 Å². The molecule has 114 valence electrons. The maximum absolute atomic E-state index is 10.9. The SMILES string of the molecule is O[C@H]1C2CCN(CC2)[C@H]1C(c1ccccc1)c1ccccc1. The first kappa shape index (κ1) is 14.0. The first-order valence-corrected chi connectivity index (χ1v) is 8.36. The Balaban J connectivity index is 1.78. The summed E-state index contributed by atoms with van der Waals surface area (Å²) in [7, 11) is 0. The summed E-state index contributed by atoms with van der Waals surface area (Å²) in [5.74, 6) is 0.727. The Bertz CT molecular complexity index is 563. The molecule has 3 aliphatic heterocycles. The molecular weight excluding hydrogens is 270 g/mol. The van der Waals surface area contributed by atoms with Crippen molar-refractivity contribution in [1.82, 2.24) is 4.90 Å². The van der Waals surface area contributed by atoms with Gasteiger partial charge < -0.3 is 5.11 Å². The summed E-state index contributed by atoms with van der Waals surface area (Å²) < 4.78 is 0. The van der Waals surface area contributed by atoms with Gasteiger partial charge in [0.1, 0.15) is 0 Å². The van der Waals surface area contributed by atoms with Crippen molar-refractivity contribution < 1.29 is 5.11 Å². The van der Waals surface area contributed by atoms with Gasteiger partial charge in [0.05, 0.1) is 6.10 Å². The summed E-state index contributed by atoms with van der Waals surface area (Å²) in [6.45, 7) is 2.26. The van der Waals surface area contributed by atoms with Gasteiger partial charge in [0.25, 0.3) is 0 Å². The van der Waals surface area contributed by atoms with E-state index in [4.69, 9.17) is 0 Å². The summed E-state index contributed by atoms with van der Waals surface area (Å²) in [4.78, 5) is 2.51. The van der Waals surface area contributed by atoms with Crippen molar-refractivity contribution in [3.05, 3.63) is 71.8 Å². The number of nitrogens with zero attached hydrogens (tertiary/aromatic N) is 1. The van der Waals surface area contributed by atoms with E-state index in [-0.39, 0.29) is 18.1 Å². The number of fused-ring (bicyclic) bond motifs is 3. The Morgan fingerprint density at radius 3 is 1.77 bits per heavy atom. The summed E-state index contributed by atoms with van der Waals surface area (Å²) in [5.41, 5.74) is 2.62. The minimum atomic E-state index is -0.215. The number of aliphatic hydroxyl groups excluding tert-OH is 1. The third-order valence-corrected chi connectivity index (χ3v) is 5.49. The van der Waals surface area contributed by atoms with Crippen molar-refractivity contribution in [3.63, 3.8) is 0 Å². The second-order valence-electron chi connectivity index (χ2n) is 6.65. The van der Waals surface area contributed by atoms with Crippen LogP contribution in [0.15, 0.2) is 60.7 Å². The number of hydrogen-bond donors (Lipinski definition) is 1. The molecule has 0 spiro atoms. The molecule has 2 atom stereocenters. The third kappa shape index (κ3) is 2.37. The molecule has 0 radical (unpaired) electrons. The smallest absolute Gasteiger partial charge is 0.0733 e. The molecule has 0 amide bonds. The topological polar surface area (TPSA) is 23.5 Å². The molecule has 2 aromatic carbocycles. The molecule has 22 heavy (non-hydrogen) atoms. The highest BCUT2D eigenvalue weighted by atomic mass is 16.3. The Kier molecular flexibility index (Phi) is 3.73. The van der Waals surface area contributed by atoms with Gasteiger partial charge in [0.15, 0.2) is 0 Å². The van der Waals surface area contributed by atoms with Gasteiger partial charge in [-0.05, 0) is 43.0 Å². The van der Waals surface area contributed by atoms with Gasteiger partial charge in [-0.25, -0.2) is 0 Å². The molecule has 2 bridgehead atoms. The fourth-order valence-electron chi connectivity index (χ4n) is 4.37. The maximum atomic E-state index is 10.9. The van der Waals surface area contributed by atoms with E-state index in [0.717, 1.165) is 25.9 Å². The zero-order valence-corrected chi connectivity index (χ0v) is 12.8. The molecule has 5 rings (SSSR count). The zero-order valence-electron chi connectivity index (χ0n) is 12.8. The second kappa shape index (κ2) is 5.86. The van der Waals surface area contributed by atoms with Crippen molar-refractivity contribution >= 4 is 0 Å². The maximum Gasteiger partial charge on any atom is 0.0733 e. The lowest BCUT2D eigenvalue weighted by Crippen LogP contribution is -2.60. The van der Waals surface area contributed by atoms with Crippen molar-refractivity contribution in [2.45, 2.75) is 30.9 Å². The molecule has 0 unspecified atom stereocenters. The predicted octanol–water partition coefficient (Wildman–Crippen LogP) is 3.27. The number of aliphatic hydroxyl groups is 1. The Hall–Kier alpha value is -1.64. The Morgan fingerprint density at radius 1 is 0.818 bits per heavy atom. The predicted molar refractivity (Wildman–Crippen MR) is 88.8 cm³/mol. The van der Waals surface area contributed by atoms with Gasteiger partial charge in [-0.3, -0.25) is 4.90 Å². The molecular formula is C20H23NO. The van der Waals surface area contributed by atoms with E-state index in [0.29, 0.717) is 5.92 Å². The van der Waals surface area contributed by atoms with Crippen molar-refractivity contribution in [2.24, 2.45) is 5.92 Å². The largest absolute Gasteiger partial charge is 0.391 e. The van der Waals surface area contributed by atoms with Gasteiger partial charge >= 0.3 is 0 Å². The Labute approximate surface area is 132 Å². The fraction of sp³-hybridized carbons (Fsp3) is 0.400. The molecule has 1 N–H and O–H groups in total. The highest BCUT2D eigenvalue weighted by Crippen LogP contribution is 2.41. The van der Waals surface area contributed by atoms with Crippen molar-refractivity contribution in [2.75, 3.05) is 13.1 Å². The van der Waals surface area contributed by atoms with Crippen LogP contribution >= 0.6 is 0 Å². The van der Waals surface area contributed by atoms with Crippen LogP contribution in [0.2, 0.25) is 0 Å². The van der Waals surface area contributed by atoms with Crippen LogP contribution in [0.5, 0.6) is 0 Å². The van der Waals surface area contributed by atoms with Crippen molar-refractivity contribution in [1.29, 1.82) is 0 Å². The molecule has 0 aliphatic carbocycles. The van der Waals surface area contributed by atoms with Crippen LogP contribution < -0.4 is 0 Å². The first-order valence-electron chi connectivity index (χ1n) is 8.36. The number of rotatable bonds is 3. The van der Waals surface area contributed by atoms with E-state index >= 15 is 0 Å². The monoisotopic (exact) mass is 293 g/mol. The molecule has 0 aromatic heterocycles. The minimum absolute atomic E-state index is 0.206. The molecule has 3 heterocycles. The summed E-state index contributed by atoms with van der Waals surface area (Å²) in [6.07, 6.45) is 2.08. The normalized spacial score (nSPS) is 30.6. The van der Waals surface area contributed by atoms with E-state index < -0.39 is 0 Å². The minimum Gasteiger partial charge on any atom is -0.391 e. The van der Waals surface area contributed by atoms with E-state index in [2.05, 4.69) is 65.6 Å². The van der Waals surface area contributed by atoms with Gasteiger partial charge in [-0.15, -0.1) is 0 Å². The molecule has 3 aliphatic rings. The number of hydrogen-bond acceptors (Lipinski definition) is 2. The van der Waals surface area contributed by atoms with Gasteiger partial charge in [0, 0.05) is 12.0 Å². The zero-order chi connectivity index (χ0) is 14.9. The van der Waals surface area contributed by atoms with E-state index in [1.807, 2.05) is 0 Å². The summed E-state index contributed by atoms with van der Waals surface area (Å²) in [5, 5.41) is 10.9. The lowest BCUT2D eigenvalue weighted by molar-refractivity contribution is -0.0775. The van der Waals surface area contributed by atoms with Gasteiger partial charge in [-0.1, -0.05) is 60.7 Å². The lowest BCUT2D eigenvalue weighted by Gasteiger charge is -2.51. The average Bonchev–Trinajstić information content (AvgIpc) is 2.60. The van der Waals surface area contributed by atoms with Crippen LogP contribution in [0.3, 0.4) is 0 Å². The van der Waals surface area contributed by atoms with Crippen LogP contribution in [0.1, 0.15) is 29.9 Å². The molecule has 3 saturated heterocycles. The number of benzene rings is 2. The summed E-state index contributed by atoms with van der Waals surface area (Å²) >= 11 is 0. The Morgan fingerprint density at radius 2 is 1.32 bits per heavy atom. The van der Waals surface area contributed by atoms with Gasteiger partial charge in [-0.2, -0.15) is 0 Å². The summed E-state index contributed by atoms with van der Waals surface area (Å²) in [6, 6.07) is 21.6. The van der Waals surface area contributed by atoms with Crippen LogP contribution in [0, 0.1) is 5.92 Å². The highest BCUT2D eigenvalue weighted by Gasteiger charge is 2.45. The molecule has 2 aromatic rings. The van der Waals surface area contributed by atoms with Crippen LogP contribution in [-0.4, -0.2) is 35.2 Å². The third-order valence-electron chi connectivity index (χ3n) is 5.49. The number of piperidine rings is 3. The van der Waals surface area contributed by atoms with E-state index in [9.17, 15) is 5.11 Å². The van der Waals surface area contributed by atoms with Crippen LogP contribution in [0.25, 0.3) is 0 Å². The standard InChI is InChI=1S/C20H23NO/c22-20-17-11-13-21(14-12-17)19(20)18(15-7-3-1-4-8-15)16-9-5-2-6-10-16/h1-10,17-20,22H,11-14H2/t19-,20-/m0/s1. The fourth-order valence-corrected chi connectivity index (χ4v) is 4.37. The van der Waals surface area contributed by atoms with E-state index in [1.54, 1.807) is 0 Å². The highest BCUT2D eigenvalue weighted by molar-refractivity contribution is 5.35. The molecule has 3 fully saturated rings. The quantitative estimate of drug-likeness (QED) is 0.939. The van der Waals surface area contributed by atoms with Gasteiger partial charge in [0.2, 0.25) is 0 Å². The molecule has 2 nitrogen and oxygen atoms in total. The van der Waals surface area contributed by atoms with E-state index in [1.165, 1.54) is 11.1 Å². The van der Waals surface area contributed by atoms with Crippen LogP contribution in [0.4, 0.5) is 0 Å². The molecule has 0 saturated carbocycles. The molecule has 2 heteroatoms. The lowest BCUT2D eigenvalue weighted by atomic mass is 9.72. The van der Waals surface area contributed by atoms with Crippen molar-refractivity contribution in [3.8, 4) is 0 Å². The second-order valence-corrected chi connectivity index (χ2v) is 6.65. The first-order chi connectivity index (χ1) is 10.8. The average molecular weight is 293 g/mol.